The van der Waals surface area contributed by atoms with E-state index in [2.05, 4.69) is 10.0 Å². The number of rotatable bonds is 5. The maximum absolute atomic E-state index is 12.8. The van der Waals surface area contributed by atoms with Crippen LogP contribution in [0.2, 0.25) is 0 Å². The molecule has 0 saturated heterocycles. The fourth-order valence-electron chi connectivity index (χ4n) is 2.50. The number of carbonyl (C=O) groups is 1. The minimum atomic E-state index is -3.80. The summed E-state index contributed by atoms with van der Waals surface area (Å²) in [7, 11) is -3.80. The molecule has 4 N–H and O–H groups in total. The first kappa shape index (κ1) is 23.9. The van der Waals surface area contributed by atoms with E-state index in [0.29, 0.717) is 16.9 Å². The minimum Gasteiger partial charge on any atom is -0.325 e. The van der Waals surface area contributed by atoms with E-state index in [0.717, 1.165) is 5.56 Å². The molecule has 2 aromatic rings. The van der Waals surface area contributed by atoms with Crippen LogP contribution in [0.4, 0.5) is 11.4 Å². The van der Waals surface area contributed by atoms with Crippen molar-refractivity contribution in [2.45, 2.75) is 45.6 Å². The highest BCUT2D eigenvalue weighted by Crippen LogP contribution is 2.24. The Hall–Kier alpha value is -2.09. The average molecular weight is 426 g/mol. The Bertz CT molecular complexity index is 953. The van der Waals surface area contributed by atoms with E-state index in [1.54, 1.807) is 37.3 Å². The quantitative estimate of drug-likeness (QED) is 0.677. The first-order chi connectivity index (χ1) is 12.4. The van der Waals surface area contributed by atoms with Crippen LogP contribution in [0.5, 0.6) is 0 Å². The Morgan fingerprint density at radius 2 is 1.68 bits per heavy atom. The maximum Gasteiger partial charge on any atom is 0.262 e. The van der Waals surface area contributed by atoms with Crippen LogP contribution in [0.15, 0.2) is 47.4 Å². The molecule has 0 radical (unpaired) electrons. The van der Waals surface area contributed by atoms with Crippen molar-refractivity contribution in [2.75, 3.05) is 10.0 Å². The normalized spacial score (nSPS) is 12.6. The number of hydrogen-bond donors (Lipinski definition) is 3. The number of nitrogens with two attached hydrogens (primary N) is 1. The van der Waals surface area contributed by atoms with E-state index >= 15 is 0 Å². The van der Waals surface area contributed by atoms with Crippen molar-refractivity contribution >= 4 is 39.7 Å². The molecular formula is C20H28ClN3O3S. The third-order valence-electron chi connectivity index (χ3n) is 4.23. The number of aryl methyl sites for hydroxylation is 2. The molecule has 0 fully saturated rings. The van der Waals surface area contributed by atoms with Crippen LogP contribution in [0, 0.1) is 19.3 Å². The highest BCUT2D eigenvalue weighted by molar-refractivity contribution is 7.92. The number of carbonyl (C=O) groups excluding carboxylic acids is 1. The lowest BCUT2D eigenvalue weighted by Gasteiger charge is -2.26. The second-order valence-corrected chi connectivity index (χ2v) is 9.44. The molecular weight excluding hydrogens is 398 g/mol. The van der Waals surface area contributed by atoms with E-state index < -0.39 is 21.5 Å². The molecule has 0 bridgehead atoms. The summed E-state index contributed by atoms with van der Waals surface area (Å²) in [5.41, 5.74) is 7.96. The smallest absolute Gasteiger partial charge is 0.262 e. The fraction of sp³-hybridized carbons (Fsp3) is 0.350. The number of amides is 1. The van der Waals surface area contributed by atoms with Crippen LogP contribution in [-0.2, 0) is 14.8 Å². The molecule has 0 spiro atoms. The summed E-state index contributed by atoms with van der Waals surface area (Å²) in [4.78, 5) is 12.4. The van der Waals surface area contributed by atoms with E-state index in [-0.39, 0.29) is 23.2 Å². The number of hydrogen-bond acceptors (Lipinski definition) is 4. The molecule has 2 rings (SSSR count). The molecule has 0 unspecified atom stereocenters. The van der Waals surface area contributed by atoms with Crippen LogP contribution in [0.3, 0.4) is 0 Å². The van der Waals surface area contributed by atoms with Crippen molar-refractivity contribution in [1.82, 2.24) is 0 Å². The number of benzene rings is 2. The molecule has 2 aromatic carbocycles. The van der Waals surface area contributed by atoms with Gasteiger partial charge in [0.2, 0.25) is 5.91 Å². The number of sulfonamides is 1. The summed E-state index contributed by atoms with van der Waals surface area (Å²) in [6.07, 6.45) is 0. The van der Waals surface area contributed by atoms with Gasteiger partial charge in [-0.15, -0.1) is 12.4 Å². The summed E-state index contributed by atoms with van der Waals surface area (Å²) < 4.78 is 28.2. The first-order valence-electron chi connectivity index (χ1n) is 8.67. The Morgan fingerprint density at radius 1 is 1.04 bits per heavy atom. The van der Waals surface area contributed by atoms with Gasteiger partial charge in [0, 0.05) is 11.4 Å². The highest BCUT2D eigenvalue weighted by atomic mass is 35.5. The van der Waals surface area contributed by atoms with Crippen molar-refractivity contribution in [3.05, 3.63) is 53.6 Å². The molecule has 28 heavy (non-hydrogen) atoms. The Labute approximate surface area is 173 Å². The summed E-state index contributed by atoms with van der Waals surface area (Å²) in [6, 6.07) is 11.2. The maximum atomic E-state index is 12.8. The molecule has 0 aromatic heterocycles. The topological polar surface area (TPSA) is 101 Å². The van der Waals surface area contributed by atoms with E-state index in [4.69, 9.17) is 5.73 Å². The van der Waals surface area contributed by atoms with E-state index in [9.17, 15) is 13.2 Å². The van der Waals surface area contributed by atoms with Crippen LogP contribution >= 0.6 is 12.4 Å². The van der Waals surface area contributed by atoms with E-state index in [1.165, 1.54) is 6.07 Å². The lowest BCUT2D eigenvalue weighted by Crippen LogP contribution is -2.45. The standard InChI is InChI=1S/C20H27N3O3S.ClH/c1-13-7-6-8-16(11-13)23-27(25,26)17-12-15(10-9-14(17)2)22-19(24)18(21)20(3,4)5;/h6-12,18,23H,21H2,1-5H3,(H,22,24);1H/t18-;/m1./s1. The molecule has 0 aliphatic heterocycles. The van der Waals surface area contributed by atoms with E-state index in [1.807, 2.05) is 33.8 Å². The highest BCUT2D eigenvalue weighted by Gasteiger charge is 2.28. The molecule has 8 heteroatoms. The summed E-state index contributed by atoms with van der Waals surface area (Å²) >= 11 is 0. The predicted octanol–water partition coefficient (Wildman–Crippen LogP) is 3.84. The molecule has 0 aliphatic carbocycles. The molecule has 6 nitrogen and oxygen atoms in total. The third-order valence-corrected chi connectivity index (χ3v) is 5.75. The van der Waals surface area contributed by atoms with Gasteiger partial charge in [0.05, 0.1) is 10.9 Å². The van der Waals surface area contributed by atoms with Crippen LogP contribution in [-0.4, -0.2) is 20.4 Å². The first-order valence-corrected chi connectivity index (χ1v) is 10.1. The average Bonchev–Trinajstić information content (AvgIpc) is 2.54. The summed E-state index contributed by atoms with van der Waals surface area (Å²) in [5.74, 6) is -0.360. The Kier molecular flexibility index (Phi) is 7.65. The zero-order valence-corrected chi connectivity index (χ0v) is 18.4. The van der Waals surface area contributed by atoms with Gasteiger partial charge in [-0.25, -0.2) is 8.42 Å². The van der Waals surface area contributed by atoms with Gasteiger partial charge >= 0.3 is 0 Å². The van der Waals surface area contributed by atoms with Crippen LogP contribution in [0.1, 0.15) is 31.9 Å². The van der Waals surface area contributed by atoms with Crippen LogP contribution < -0.4 is 15.8 Å². The van der Waals surface area contributed by atoms with Crippen LogP contribution in [0.25, 0.3) is 0 Å². The second kappa shape index (κ2) is 8.94. The number of anilines is 2. The van der Waals surface area contributed by atoms with Gasteiger partial charge in [-0.05, 0) is 54.7 Å². The molecule has 0 saturated carbocycles. The minimum absolute atomic E-state index is 0. The van der Waals surface area contributed by atoms with Crippen molar-refractivity contribution < 1.29 is 13.2 Å². The molecule has 154 valence electrons. The number of nitrogens with one attached hydrogen (secondary N) is 2. The largest absolute Gasteiger partial charge is 0.325 e. The monoisotopic (exact) mass is 425 g/mol. The second-order valence-electron chi connectivity index (χ2n) is 7.79. The zero-order valence-electron chi connectivity index (χ0n) is 16.7. The van der Waals surface area contributed by atoms with Gasteiger partial charge in [0.25, 0.3) is 10.0 Å². The van der Waals surface area contributed by atoms with Crippen molar-refractivity contribution in [1.29, 1.82) is 0 Å². The Morgan fingerprint density at radius 3 is 2.25 bits per heavy atom. The fourth-order valence-corrected chi connectivity index (χ4v) is 3.82. The van der Waals surface area contributed by atoms with Crippen molar-refractivity contribution in [3.8, 4) is 0 Å². The summed E-state index contributed by atoms with van der Waals surface area (Å²) in [6.45, 7) is 9.20. The van der Waals surface area contributed by atoms with Crippen molar-refractivity contribution in [2.24, 2.45) is 11.1 Å². The molecule has 0 aliphatic rings. The van der Waals surface area contributed by atoms with Gasteiger partial charge in [0.1, 0.15) is 0 Å². The van der Waals surface area contributed by atoms with Gasteiger partial charge < -0.3 is 11.1 Å². The lowest BCUT2D eigenvalue weighted by molar-refractivity contribution is -0.119. The van der Waals surface area contributed by atoms with Gasteiger partial charge in [-0.3, -0.25) is 9.52 Å². The molecule has 1 atom stereocenters. The summed E-state index contributed by atoms with van der Waals surface area (Å²) in [5, 5.41) is 2.70. The van der Waals surface area contributed by atoms with Crippen molar-refractivity contribution in [3.63, 3.8) is 0 Å². The van der Waals surface area contributed by atoms with Gasteiger partial charge in [0.15, 0.2) is 0 Å². The van der Waals surface area contributed by atoms with Gasteiger partial charge in [-0.1, -0.05) is 39.0 Å². The Balaban J connectivity index is 0.00000392. The van der Waals surface area contributed by atoms with Gasteiger partial charge in [-0.2, -0.15) is 0 Å². The lowest BCUT2D eigenvalue weighted by atomic mass is 9.87. The number of halogens is 1. The molecule has 1 amide bonds. The predicted molar refractivity (Wildman–Crippen MR) is 116 cm³/mol. The zero-order chi connectivity index (χ0) is 20.4. The molecule has 0 heterocycles. The third kappa shape index (κ3) is 5.95. The SMILES string of the molecule is Cc1cccc(NS(=O)(=O)c2cc(NC(=O)[C@@H](N)C(C)(C)C)ccc2C)c1.Cl.